The first-order valence-electron chi connectivity index (χ1n) is 17.1. The highest BCUT2D eigenvalue weighted by molar-refractivity contribution is 5.94. The summed E-state index contributed by atoms with van der Waals surface area (Å²) in [6.07, 6.45) is 5.69. The van der Waals surface area contributed by atoms with Gasteiger partial charge in [0.2, 0.25) is 5.82 Å². The first kappa shape index (κ1) is 35.6. The monoisotopic (exact) mass is 695 g/mol. The van der Waals surface area contributed by atoms with Crippen molar-refractivity contribution in [2.45, 2.75) is 76.5 Å². The molecule has 0 saturated carbocycles. The molecule has 3 atom stereocenters. The average molecular weight is 696 g/mol. The normalized spacial score (nSPS) is 20.5. The second-order valence-electron chi connectivity index (χ2n) is 15.1. The van der Waals surface area contributed by atoms with Crippen LogP contribution < -0.4 is 20.7 Å². The van der Waals surface area contributed by atoms with E-state index in [9.17, 15) is 19.5 Å². The highest BCUT2D eigenvalue weighted by Gasteiger charge is 2.38. The Morgan fingerprint density at radius 1 is 1.06 bits per heavy atom. The van der Waals surface area contributed by atoms with Crippen LogP contribution >= 0.6 is 0 Å². The van der Waals surface area contributed by atoms with Crippen molar-refractivity contribution < 1.29 is 24.2 Å². The minimum absolute atomic E-state index is 0.0912. The van der Waals surface area contributed by atoms with Crippen molar-refractivity contribution in [3.8, 4) is 5.75 Å². The molecule has 1 aliphatic carbocycles. The number of urea groups is 1. The van der Waals surface area contributed by atoms with Crippen molar-refractivity contribution in [2.24, 2.45) is 0 Å². The lowest BCUT2D eigenvalue weighted by Gasteiger charge is -2.34. The van der Waals surface area contributed by atoms with E-state index in [-0.39, 0.29) is 23.2 Å². The van der Waals surface area contributed by atoms with Gasteiger partial charge < -0.3 is 20.5 Å². The van der Waals surface area contributed by atoms with Crippen LogP contribution in [0.4, 0.5) is 10.6 Å². The zero-order valence-electron chi connectivity index (χ0n) is 29.8. The summed E-state index contributed by atoms with van der Waals surface area (Å²) in [7, 11) is 0. The van der Waals surface area contributed by atoms with E-state index < -0.39 is 29.0 Å². The minimum atomic E-state index is -1.51. The first-order chi connectivity index (χ1) is 24.1. The number of ether oxygens (including phenoxy) is 1. The molecule has 268 valence electrons. The number of hydrogen-bond acceptors (Lipinski definition) is 10. The Hall–Kier alpha value is -5.21. The number of aromatic nitrogens is 5. The number of hydrogen-bond donors (Lipinski definition) is 4. The predicted molar refractivity (Wildman–Crippen MR) is 191 cm³/mol. The maximum absolute atomic E-state index is 13.6. The van der Waals surface area contributed by atoms with Crippen molar-refractivity contribution >= 4 is 29.7 Å². The molecule has 6 rings (SSSR count). The topological polar surface area (TPSA) is 176 Å². The molecule has 14 heteroatoms. The lowest BCUT2D eigenvalue weighted by Crippen LogP contribution is -2.49. The molecule has 51 heavy (non-hydrogen) atoms. The zero-order chi connectivity index (χ0) is 36.6. The molecular formula is C37H45N9O5. The molecule has 14 nitrogen and oxygen atoms in total. The van der Waals surface area contributed by atoms with Gasteiger partial charge in [0, 0.05) is 48.6 Å². The number of aliphatic hydroxyl groups is 1. The largest absolute Gasteiger partial charge is 0.480 e. The molecule has 0 radical (unpaired) electrons. The molecule has 0 unspecified atom stereocenters. The lowest BCUT2D eigenvalue weighted by molar-refractivity contribution is -0.111. The average Bonchev–Trinajstić information content (AvgIpc) is 3.71. The standard InChI is InChI=1S/C37H45N9O5/c1-35(2,3)28-19-29(40-31(39-28)32(49)38-16-18-45-17-14-23(48)20-45)41-34(50)42-37(22-47)15-13-27(25-9-7-8-10-26(25)37)51-24-11-12-30-43-44-33(36(4,5)6)46(30)21-24/h7-13,15,19,21-23,27,48H,14,16-18,20H2,1-6H3,(H,38,49)(H2,39,40,41,42,50)/t23-,27-,37-/m1/s1. The number of nitrogens with one attached hydrogen (secondary N) is 3. The number of aldehydes is 1. The van der Waals surface area contributed by atoms with Crippen molar-refractivity contribution in [3.05, 3.63) is 89.3 Å². The number of likely N-dealkylation sites (tertiary alicyclic amines) is 1. The SMILES string of the molecule is CC(C)(C)c1cc(NC(=O)N[C@@]2(C=O)C=C[C@@H](Oc3ccc4nnc(C(C)(C)C)n4c3)c3ccccc32)nc(C(=O)NCCN2CC[C@@H](O)C2)n1. The predicted octanol–water partition coefficient (Wildman–Crippen LogP) is 3.82. The Morgan fingerprint density at radius 2 is 1.84 bits per heavy atom. The van der Waals surface area contributed by atoms with Gasteiger partial charge in [0.1, 0.15) is 29.0 Å². The van der Waals surface area contributed by atoms with Crippen LogP contribution in [0.1, 0.15) is 87.3 Å². The number of carbonyl (C=O) groups excluding carboxylic acids is 3. The number of aliphatic hydroxyl groups excluding tert-OH is 1. The second kappa shape index (κ2) is 13.8. The van der Waals surface area contributed by atoms with E-state index in [1.54, 1.807) is 30.4 Å². The number of carbonyl (C=O) groups is 3. The van der Waals surface area contributed by atoms with Crippen molar-refractivity contribution in [3.63, 3.8) is 0 Å². The number of rotatable bonds is 9. The Labute approximate surface area is 296 Å². The van der Waals surface area contributed by atoms with Crippen molar-refractivity contribution in [2.75, 3.05) is 31.5 Å². The number of anilines is 1. The third kappa shape index (κ3) is 7.76. The third-order valence-electron chi connectivity index (χ3n) is 8.96. The van der Waals surface area contributed by atoms with Crippen LogP contribution in [-0.4, -0.2) is 85.1 Å². The van der Waals surface area contributed by atoms with Crippen LogP contribution in [-0.2, 0) is 21.2 Å². The summed E-state index contributed by atoms with van der Waals surface area (Å²) in [5, 5.41) is 26.8. The van der Waals surface area contributed by atoms with E-state index in [0.29, 0.717) is 60.6 Å². The van der Waals surface area contributed by atoms with Crippen molar-refractivity contribution in [1.29, 1.82) is 0 Å². The van der Waals surface area contributed by atoms with Gasteiger partial charge in [-0.15, -0.1) is 10.2 Å². The summed E-state index contributed by atoms with van der Waals surface area (Å²) >= 11 is 0. The summed E-state index contributed by atoms with van der Waals surface area (Å²) in [6, 6.07) is 11.8. The second-order valence-corrected chi connectivity index (χ2v) is 15.1. The summed E-state index contributed by atoms with van der Waals surface area (Å²) in [6.45, 7) is 14.3. The molecule has 2 aliphatic rings. The smallest absolute Gasteiger partial charge is 0.321 e. The molecule has 4 N–H and O–H groups in total. The first-order valence-corrected chi connectivity index (χ1v) is 17.1. The van der Waals surface area contributed by atoms with Gasteiger partial charge >= 0.3 is 6.03 Å². The number of fused-ring (bicyclic) bond motifs is 2. The van der Waals surface area contributed by atoms with Gasteiger partial charge in [0.05, 0.1) is 18.0 Å². The maximum Gasteiger partial charge on any atom is 0.321 e. The molecule has 3 aromatic heterocycles. The number of nitrogens with zero attached hydrogens (tertiary/aromatic N) is 6. The van der Waals surface area contributed by atoms with Gasteiger partial charge in [-0.05, 0) is 36.3 Å². The van der Waals surface area contributed by atoms with Gasteiger partial charge in [-0.1, -0.05) is 65.8 Å². The van der Waals surface area contributed by atoms with Gasteiger partial charge in [-0.3, -0.25) is 24.2 Å². The van der Waals surface area contributed by atoms with Crippen LogP contribution in [0, 0.1) is 0 Å². The third-order valence-corrected chi connectivity index (χ3v) is 8.96. The van der Waals surface area contributed by atoms with E-state index in [4.69, 9.17) is 4.74 Å². The molecule has 4 aromatic rings. The summed E-state index contributed by atoms with van der Waals surface area (Å²) in [4.78, 5) is 50.4. The molecule has 3 amide bonds. The van der Waals surface area contributed by atoms with Gasteiger partial charge in [0.25, 0.3) is 5.91 Å². The Bertz CT molecular complexity index is 1980. The molecule has 4 heterocycles. The Kier molecular flexibility index (Phi) is 9.66. The fraction of sp³-hybridized carbons (Fsp3) is 0.432. The lowest BCUT2D eigenvalue weighted by atomic mass is 9.81. The van der Waals surface area contributed by atoms with E-state index in [1.807, 2.05) is 55.6 Å². The number of amides is 3. The number of β-amino-alcohol motifs (C(OH)–C–C–N with tert-alkyl or cyclic N) is 1. The van der Waals surface area contributed by atoms with Crippen LogP contribution in [0.3, 0.4) is 0 Å². The van der Waals surface area contributed by atoms with E-state index in [0.717, 1.165) is 12.4 Å². The molecular weight excluding hydrogens is 650 g/mol. The molecule has 1 aliphatic heterocycles. The maximum atomic E-state index is 13.6. The zero-order valence-corrected chi connectivity index (χ0v) is 29.8. The summed E-state index contributed by atoms with van der Waals surface area (Å²) in [5.41, 5.74) is 0.284. The number of benzene rings is 1. The van der Waals surface area contributed by atoms with E-state index >= 15 is 0 Å². The Morgan fingerprint density at radius 3 is 2.55 bits per heavy atom. The minimum Gasteiger partial charge on any atom is -0.480 e. The molecule has 1 saturated heterocycles. The van der Waals surface area contributed by atoms with Crippen LogP contribution in [0.25, 0.3) is 5.65 Å². The van der Waals surface area contributed by atoms with Gasteiger partial charge in [0.15, 0.2) is 11.9 Å². The summed E-state index contributed by atoms with van der Waals surface area (Å²) in [5.74, 6) is 0.903. The van der Waals surface area contributed by atoms with Crippen LogP contribution in [0.2, 0.25) is 0 Å². The van der Waals surface area contributed by atoms with E-state index in [2.05, 4.69) is 61.8 Å². The number of pyridine rings is 1. The molecule has 1 fully saturated rings. The highest BCUT2D eigenvalue weighted by atomic mass is 16.5. The fourth-order valence-electron chi connectivity index (χ4n) is 6.25. The Balaban J connectivity index is 1.20. The van der Waals surface area contributed by atoms with Gasteiger partial charge in [-0.25, -0.2) is 14.8 Å². The van der Waals surface area contributed by atoms with Crippen LogP contribution in [0.15, 0.2) is 60.8 Å². The van der Waals surface area contributed by atoms with Gasteiger partial charge in [-0.2, -0.15) is 0 Å². The highest BCUT2D eigenvalue weighted by Crippen LogP contribution is 2.37. The van der Waals surface area contributed by atoms with Crippen molar-refractivity contribution in [1.82, 2.24) is 40.1 Å². The molecule has 1 aromatic carbocycles. The fourth-order valence-corrected chi connectivity index (χ4v) is 6.25. The molecule has 0 spiro atoms. The summed E-state index contributed by atoms with van der Waals surface area (Å²) < 4.78 is 8.34. The van der Waals surface area contributed by atoms with Crippen LogP contribution in [0.5, 0.6) is 5.75 Å². The quantitative estimate of drug-likeness (QED) is 0.149. The molecule has 0 bridgehead atoms. The van der Waals surface area contributed by atoms with E-state index in [1.165, 1.54) is 0 Å².